The van der Waals surface area contributed by atoms with Crippen molar-refractivity contribution in [2.45, 2.75) is 44.7 Å². The number of thiophene rings is 1. The van der Waals surface area contributed by atoms with Gasteiger partial charge in [0.25, 0.3) is 0 Å². The molecule has 4 rings (SSSR count). The molecule has 170 valence electrons. The van der Waals surface area contributed by atoms with Crippen LogP contribution in [0, 0.1) is 5.92 Å². The van der Waals surface area contributed by atoms with Gasteiger partial charge in [0.1, 0.15) is 5.76 Å². The first kappa shape index (κ1) is 22.4. The quantitative estimate of drug-likeness (QED) is 0.478. The number of nitrogens with one attached hydrogen (secondary N) is 2. The first-order valence-corrected chi connectivity index (χ1v) is 12.7. The third kappa shape index (κ3) is 6.57. The number of nitrogens with zero attached hydrogens (tertiary/aromatic N) is 3. The van der Waals surface area contributed by atoms with E-state index in [1.165, 1.54) is 50.1 Å². The fourth-order valence-electron chi connectivity index (χ4n) is 4.75. The Morgan fingerprint density at radius 3 is 2.65 bits per heavy atom. The molecule has 1 unspecified atom stereocenters. The second-order valence-corrected chi connectivity index (χ2v) is 9.79. The van der Waals surface area contributed by atoms with Gasteiger partial charge in [-0.1, -0.05) is 12.5 Å². The van der Waals surface area contributed by atoms with Crippen LogP contribution in [0.15, 0.2) is 45.3 Å². The molecule has 2 aliphatic heterocycles. The summed E-state index contributed by atoms with van der Waals surface area (Å²) >= 11 is 1.86. The Hall–Kier alpha value is -1.83. The van der Waals surface area contributed by atoms with Gasteiger partial charge in [0, 0.05) is 31.6 Å². The minimum Gasteiger partial charge on any atom is -0.468 e. The van der Waals surface area contributed by atoms with Gasteiger partial charge in [-0.3, -0.25) is 14.8 Å². The smallest absolute Gasteiger partial charge is 0.191 e. The highest BCUT2D eigenvalue weighted by atomic mass is 32.1. The third-order valence-corrected chi connectivity index (χ3v) is 7.48. The van der Waals surface area contributed by atoms with E-state index in [1.807, 2.05) is 24.5 Å². The van der Waals surface area contributed by atoms with Gasteiger partial charge >= 0.3 is 0 Å². The molecule has 2 aromatic heterocycles. The minimum absolute atomic E-state index is 0.259. The van der Waals surface area contributed by atoms with Gasteiger partial charge in [0.05, 0.1) is 12.3 Å². The zero-order valence-corrected chi connectivity index (χ0v) is 19.6. The Morgan fingerprint density at radius 2 is 1.97 bits per heavy atom. The number of piperidine rings is 2. The molecule has 6 nitrogen and oxygen atoms in total. The molecule has 0 spiro atoms. The number of rotatable bonds is 8. The maximum absolute atomic E-state index is 5.77. The summed E-state index contributed by atoms with van der Waals surface area (Å²) in [6.07, 6.45) is 8.16. The van der Waals surface area contributed by atoms with E-state index in [4.69, 9.17) is 4.42 Å². The Balaban J connectivity index is 1.21. The molecule has 2 saturated heterocycles. The zero-order valence-electron chi connectivity index (χ0n) is 18.8. The molecular formula is C24H37N5OS. The molecule has 0 bridgehead atoms. The van der Waals surface area contributed by atoms with Gasteiger partial charge in [-0.15, -0.1) is 11.3 Å². The van der Waals surface area contributed by atoms with E-state index in [0.29, 0.717) is 5.92 Å². The van der Waals surface area contributed by atoms with E-state index in [9.17, 15) is 0 Å². The predicted octanol–water partition coefficient (Wildman–Crippen LogP) is 3.95. The molecular weight excluding hydrogens is 406 g/mol. The maximum atomic E-state index is 5.77. The molecule has 2 aliphatic rings. The van der Waals surface area contributed by atoms with E-state index in [-0.39, 0.29) is 6.04 Å². The fourth-order valence-corrected chi connectivity index (χ4v) is 5.49. The fraction of sp³-hybridized carbons (Fsp3) is 0.625. The van der Waals surface area contributed by atoms with E-state index in [0.717, 1.165) is 44.4 Å². The van der Waals surface area contributed by atoms with Crippen LogP contribution in [0.3, 0.4) is 0 Å². The standard InChI is InChI=1S/C24H37N5OS/c1-25-24(26-17-20-9-13-28(14-10-20)19-21-7-6-16-31-21)27-18-22(23-8-5-15-30-23)29-11-3-2-4-12-29/h5-8,15-16,20,22H,2-4,9-14,17-19H2,1H3,(H2,25,26,27). The average molecular weight is 444 g/mol. The zero-order chi connectivity index (χ0) is 21.3. The van der Waals surface area contributed by atoms with Crippen LogP contribution in [-0.4, -0.2) is 62.1 Å². The van der Waals surface area contributed by atoms with Crippen LogP contribution < -0.4 is 10.6 Å². The lowest BCUT2D eigenvalue weighted by Crippen LogP contribution is -2.46. The number of likely N-dealkylation sites (tertiary alicyclic amines) is 2. The average Bonchev–Trinajstić information content (AvgIpc) is 3.52. The van der Waals surface area contributed by atoms with Crippen LogP contribution in [0.4, 0.5) is 0 Å². The van der Waals surface area contributed by atoms with Gasteiger partial charge in [-0.05, 0) is 81.4 Å². The summed E-state index contributed by atoms with van der Waals surface area (Å²) < 4.78 is 5.77. The van der Waals surface area contributed by atoms with Crippen LogP contribution in [0.5, 0.6) is 0 Å². The van der Waals surface area contributed by atoms with Gasteiger partial charge < -0.3 is 15.1 Å². The number of aliphatic imine (C=N–C) groups is 1. The van der Waals surface area contributed by atoms with Crippen molar-refractivity contribution in [2.24, 2.45) is 10.9 Å². The monoisotopic (exact) mass is 443 g/mol. The normalized spacial score (nSPS) is 20.6. The Morgan fingerprint density at radius 1 is 1.13 bits per heavy atom. The number of hydrogen-bond donors (Lipinski definition) is 2. The highest BCUT2D eigenvalue weighted by Gasteiger charge is 2.25. The van der Waals surface area contributed by atoms with Crippen molar-refractivity contribution in [2.75, 3.05) is 46.3 Å². The lowest BCUT2D eigenvalue weighted by Gasteiger charge is -2.34. The van der Waals surface area contributed by atoms with E-state index < -0.39 is 0 Å². The van der Waals surface area contributed by atoms with Crippen LogP contribution in [-0.2, 0) is 6.54 Å². The second kappa shape index (κ2) is 11.7. The van der Waals surface area contributed by atoms with Gasteiger partial charge in [0.2, 0.25) is 0 Å². The highest BCUT2D eigenvalue weighted by Crippen LogP contribution is 2.24. The van der Waals surface area contributed by atoms with Crippen LogP contribution in [0.1, 0.15) is 48.8 Å². The molecule has 0 saturated carbocycles. The lowest BCUT2D eigenvalue weighted by atomic mass is 9.97. The molecule has 2 fully saturated rings. The summed E-state index contributed by atoms with van der Waals surface area (Å²) in [5.41, 5.74) is 0. The van der Waals surface area contributed by atoms with Gasteiger partial charge in [-0.2, -0.15) is 0 Å². The van der Waals surface area contributed by atoms with Crippen molar-refractivity contribution >= 4 is 17.3 Å². The van der Waals surface area contributed by atoms with Crippen molar-refractivity contribution in [3.63, 3.8) is 0 Å². The lowest BCUT2D eigenvalue weighted by molar-refractivity contribution is 0.146. The molecule has 0 radical (unpaired) electrons. The summed E-state index contributed by atoms with van der Waals surface area (Å²) in [6.45, 7) is 7.56. The van der Waals surface area contributed by atoms with Crippen molar-refractivity contribution in [1.82, 2.24) is 20.4 Å². The Labute approximate surface area is 190 Å². The minimum atomic E-state index is 0.259. The van der Waals surface area contributed by atoms with Crippen LogP contribution >= 0.6 is 11.3 Å². The number of furan rings is 1. The SMILES string of the molecule is CN=C(NCC1CCN(Cc2cccs2)CC1)NCC(c1ccco1)N1CCCCC1. The van der Waals surface area contributed by atoms with Gasteiger partial charge in [0.15, 0.2) is 5.96 Å². The Kier molecular flexibility index (Phi) is 8.44. The van der Waals surface area contributed by atoms with Crippen molar-refractivity contribution in [3.8, 4) is 0 Å². The van der Waals surface area contributed by atoms with Crippen LogP contribution in [0.2, 0.25) is 0 Å². The predicted molar refractivity (Wildman–Crippen MR) is 129 cm³/mol. The van der Waals surface area contributed by atoms with E-state index in [1.54, 1.807) is 6.26 Å². The number of hydrogen-bond acceptors (Lipinski definition) is 5. The van der Waals surface area contributed by atoms with Crippen molar-refractivity contribution in [1.29, 1.82) is 0 Å². The largest absolute Gasteiger partial charge is 0.468 e. The van der Waals surface area contributed by atoms with Gasteiger partial charge in [-0.25, -0.2) is 0 Å². The van der Waals surface area contributed by atoms with E-state index >= 15 is 0 Å². The first-order valence-electron chi connectivity index (χ1n) is 11.8. The summed E-state index contributed by atoms with van der Waals surface area (Å²) in [6, 6.07) is 8.74. The Bertz CT molecular complexity index is 762. The number of guanidine groups is 1. The summed E-state index contributed by atoms with van der Waals surface area (Å²) in [4.78, 5) is 11.1. The summed E-state index contributed by atoms with van der Waals surface area (Å²) in [5.74, 6) is 2.65. The molecule has 1 atom stereocenters. The van der Waals surface area contributed by atoms with Crippen molar-refractivity contribution < 1.29 is 4.42 Å². The van der Waals surface area contributed by atoms with E-state index in [2.05, 4.69) is 49.0 Å². The summed E-state index contributed by atoms with van der Waals surface area (Å²) in [5, 5.41) is 9.31. The molecule has 0 amide bonds. The maximum Gasteiger partial charge on any atom is 0.191 e. The van der Waals surface area contributed by atoms with Crippen molar-refractivity contribution in [3.05, 3.63) is 46.5 Å². The molecule has 31 heavy (non-hydrogen) atoms. The van der Waals surface area contributed by atoms with Crippen LogP contribution in [0.25, 0.3) is 0 Å². The first-order chi connectivity index (χ1) is 15.3. The molecule has 2 N–H and O–H groups in total. The molecule has 2 aromatic rings. The summed E-state index contributed by atoms with van der Waals surface area (Å²) in [7, 11) is 1.86. The molecule has 0 aromatic carbocycles. The molecule has 7 heteroatoms. The molecule has 0 aliphatic carbocycles. The molecule has 4 heterocycles. The topological polar surface area (TPSA) is 56.0 Å². The third-order valence-electron chi connectivity index (χ3n) is 6.61. The second-order valence-electron chi connectivity index (χ2n) is 8.76. The highest BCUT2D eigenvalue weighted by molar-refractivity contribution is 7.09.